The fraction of sp³-hybridized carbons (Fsp3) is 0.192. The largest absolute Gasteiger partial charge is 0.497 e. The van der Waals surface area contributed by atoms with Crippen LogP contribution in [-0.4, -0.2) is 44.0 Å². The molecule has 0 radical (unpaired) electrons. The first kappa shape index (κ1) is 25.6. The highest BCUT2D eigenvalue weighted by Crippen LogP contribution is 2.33. The molecule has 1 aliphatic heterocycles. The highest BCUT2D eigenvalue weighted by molar-refractivity contribution is 7.92. The number of halogens is 1. The maximum absolute atomic E-state index is 13.5. The first-order valence-electron chi connectivity index (χ1n) is 11.8. The number of anilines is 4. The van der Waals surface area contributed by atoms with Crippen LogP contribution in [0, 0.1) is 0 Å². The zero-order valence-electron chi connectivity index (χ0n) is 20.4. The van der Waals surface area contributed by atoms with Crippen molar-refractivity contribution in [2.75, 3.05) is 28.6 Å². The van der Waals surface area contributed by atoms with E-state index < -0.39 is 22.0 Å². The van der Waals surface area contributed by atoms with Gasteiger partial charge in [0.1, 0.15) is 11.8 Å². The zero-order valence-corrected chi connectivity index (χ0v) is 22.0. The van der Waals surface area contributed by atoms with Crippen LogP contribution in [0.15, 0.2) is 71.6 Å². The molecule has 0 aliphatic carbocycles. The minimum Gasteiger partial charge on any atom is -0.497 e. The number of aromatic nitrogens is 2. The summed E-state index contributed by atoms with van der Waals surface area (Å²) in [5, 5.41) is 3.47. The van der Waals surface area contributed by atoms with Crippen molar-refractivity contribution in [3.8, 4) is 5.75 Å². The lowest BCUT2D eigenvalue weighted by atomic mass is 10.2. The third-order valence-electron chi connectivity index (χ3n) is 6.27. The molecule has 38 heavy (non-hydrogen) atoms. The van der Waals surface area contributed by atoms with E-state index >= 15 is 0 Å². The molecule has 1 fully saturated rings. The fourth-order valence-electron chi connectivity index (χ4n) is 4.40. The summed E-state index contributed by atoms with van der Waals surface area (Å²) >= 11 is 6.37. The van der Waals surface area contributed by atoms with E-state index in [1.807, 2.05) is 11.0 Å². The van der Waals surface area contributed by atoms with E-state index in [9.17, 15) is 13.2 Å². The molecular weight excluding hydrogens is 528 g/mol. The van der Waals surface area contributed by atoms with E-state index in [1.54, 1.807) is 48.5 Å². The number of fused-ring (bicyclic) bond motifs is 1. The van der Waals surface area contributed by atoms with Gasteiger partial charge in [0, 0.05) is 18.3 Å². The predicted octanol–water partition coefficient (Wildman–Crippen LogP) is 4.29. The molecule has 3 aromatic carbocycles. The molecule has 10 nitrogen and oxygen atoms in total. The van der Waals surface area contributed by atoms with Gasteiger partial charge in [-0.1, -0.05) is 29.8 Å². The van der Waals surface area contributed by atoms with Crippen molar-refractivity contribution >= 4 is 61.6 Å². The molecule has 12 heteroatoms. The number of hydrogen-bond donors (Lipinski definition) is 3. The molecule has 5 rings (SSSR count). The molecule has 4 N–H and O–H groups in total. The third-order valence-corrected chi connectivity index (χ3v) is 7.94. The molecule has 2 heterocycles. The van der Waals surface area contributed by atoms with Gasteiger partial charge in [-0.2, -0.15) is 0 Å². The Balaban J connectivity index is 1.52. The second-order valence-electron chi connectivity index (χ2n) is 8.74. The quantitative estimate of drug-likeness (QED) is 0.294. The van der Waals surface area contributed by atoms with Crippen LogP contribution in [0.5, 0.6) is 5.75 Å². The van der Waals surface area contributed by atoms with E-state index in [1.165, 1.54) is 19.2 Å². The number of nitrogens with two attached hydrogens (primary N) is 1. The standard InChI is InChI=1S/C26H25ClN6O4S/c1-37-17-11-12-19(27)22(15-17)31-25-26(30-21-9-3-2-8-20(21)29-25)32-38(35,36)18-7-4-6-16(14-18)33-13-5-10-23(33)24(28)34/h2-4,6-9,11-12,14-15,23H,5,10,13H2,1H3,(H2,28,34)(H,29,31)(H,30,32). The van der Waals surface area contributed by atoms with Crippen molar-refractivity contribution in [2.45, 2.75) is 23.8 Å². The second kappa shape index (κ2) is 10.3. The van der Waals surface area contributed by atoms with Gasteiger partial charge in [0.15, 0.2) is 11.6 Å². The Morgan fingerprint density at radius 1 is 1.05 bits per heavy atom. The van der Waals surface area contributed by atoms with Gasteiger partial charge >= 0.3 is 0 Å². The van der Waals surface area contributed by atoms with Crippen LogP contribution in [0.4, 0.5) is 23.0 Å². The molecule has 1 unspecified atom stereocenters. The van der Waals surface area contributed by atoms with Gasteiger partial charge in [-0.15, -0.1) is 0 Å². The number of rotatable bonds is 8. The lowest BCUT2D eigenvalue weighted by molar-refractivity contribution is -0.119. The maximum Gasteiger partial charge on any atom is 0.263 e. The molecule has 1 saturated heterocycles. The molecule has 196 valence electrons. The number of ether oxygens (including phenoxy) is 1. The Kier molecular flexibility index (Phi) is 6.96. The molecule has 0 saturated carbocycles. The van der Waals surface area contributed by atoms with Gasteiger partial charge in [-0.05, 0) is 55.3 Å². The smallest absolute Gasteiger partial charge is 0.263 e. The summed E-state index contributed by atoms with van der Waals surface area (Å²) in [6.07, 6.45) is 1.41. The summed E-state index contributed by atoms with van der Waals surface area (Å²) in [5.74, 6) is 0.268. The maximum atomic E-state index is 13.5. The number of nitrogens with zero attached hydrogens (tertiary/aromatic N) is 3. The van der Waals surface area contributed by atoms with Crippen LogP contribution in [0.2, 0.25) is 5.02 Å². The van der Waals surface area contributed by atoms with Gasteiger partial charge in [-0.25, -0.2) is 18.4 Å². The Labute approximate surface area is 224 Å². The summed E-state index contributed by atoms with van der Waals surface area (Å²) in [5.41, 5.74) is 7.68. The van der Waals surface area contributed by atoms with Crippen LogP contribution in [0.1, 0.15) is 12.8 Å². The number of hydrogen-bond acceptors (Lipinski definition) is 8. The van der Waals surface area contributed by atoms with Crippen LogP contribution in [0.25, 0.3) is 11.0 Å². The highest BCUT2D eigenvalue weighted by atomic mass is 35.5. The molecule has 1 amide bonds. The average Bonchev–Trinajstić information content (AvgIpc) is 3.41. The number of para-hydroxylation sites is 2. The van der Waals surface area contributed by atoms with Crippen LogP contribution < -0.4 is 25.4 Å². The lowest BCUT2D eigenvalue weighted by Gasteiger charge is -2.24. The van der Waals surface area contributed by atoms with Crippen molar-refractivity contribution in [1.29, 1.82) is 0 Å². The predicted molar refractivity (Wildman–Crippen MR) is 148 cm³/mol. The summed E-state index contributed by atoms with van der Waals surface area (Å²) in [6.45, 7) is 0.607. The molecule has 0 spiro atoms. The normalized spacial score (nSPS) is 15.4. The van der Waals surface area contributed by atoms with Crippen molar-refractivity contribution < 1.29 is 17.9 Å². The Morgan fingerprint density at radius 2 is 1.79 bits per heavy atom. The summed E-state index contributed by atoms with van der Waals surface area (Å²) in [4.78, 5) is 22.8. The Hall–Kier alpha value is -4.09. The first-order chi connectivity index (χ1) is 18.2. The van der Waals surface area contributed by atoms with E-state index in [4.69, 9.17) is 22.1 Å². The van der Waals surface area contributed by atoms with Crippen molar-refractivity contribution in [1.82, 2.24) is 9.97 Å². The average molecular weight is 553 g/mol. The second-order valence-corrected chi connectivity index (χ2v) is 10.8. The highest BCUT2D eigenvalue weighted by Gasteiger charge is 2.30. The van der Waals surface area contributed by atoms with Gasteiger partial charge in [0.2, 0.25) is 5.91 Å². The van der Waals surface area contributed by atoms with E-state index in [-0.39, 0.29) is 16.5 Å². The number of sulfonamides is 1. The third kappa shape index (κ3) is 5.15. The fourth-order valence-corrected chi connectivity index (χ4v) is 5.61. The minimum atomic E-state index is -4.10. The molecule has 4 aromatic rings. The van der Waals surface area contributed by atoms with Gasteiger partial charge in [0.05, 0.1) is 33.7 Å². The monoisotopic (exact) mass is 552 g/mol. The zero-order chi connectivity index (χ0) is 26.9. The van der Waals surface area contributed by atoms with Gasteiger partial charge in [0.25, 0.3) is 10.0 Å². The van der Waals surface area contributed by atoms with E-state index in [0.717, 1.165) is 6.42 Å². The number of carbonyl (C=O) groups excluding carboxylic acids is 1. The van der Waals surface area contributed by atoms with Crippen molar-refractivity contribution in [2.24, 2.45) is 5.73 Å². The minimum absolute atomic E-state index is 0.00504. The Bertz CT molecular complexity index is 1630. The first-order valence-corrected chi connectivity index (χ1v) is 13.7. The van der Waals surface area contributed by atoms with Crippen LogP contribution >= 0.6 is 11.6 Å². The number of carbonyl (C=O) groups is 1. The molecule has 1 aromatic heterocycles. The van der Waals surface area contributed by atoms with Gasteiger partial charge in [-0.3, -0.25) is 9.52 Å². The summed E-state index contributed by atoms with van der Waals surface area (Å²) < 4.78 is 34.9. The number of benzene rings is 3. The van der Waals surface area contributed by atoms with E-state index in [2.05, 4.69) is 20.0 Å². The number of amides is 1. The summed E-state index contributed by atoms with van der Waals surface area (Å²) in [6, 6.07) is 18.0. The SMILES string of the molecule is COc1ccc(Cl)c(Nc2nc3ccccc3nc2NS(=O)(=O)c2cccc(N3CCCC3C(N)=O)c2)c1. The topological polar surface area (TPSA) is 140 Å². The lowest BCUT2D eigenvalue weighted by Crippen LogP contribution is -2.40. The van der Waals surface area contributed by atoms with Crippen LogP contribution in [0.3, 0.4) is 0 Å². The number of nitrogens with one attached hydrogen (secondary N) is 2. The molecule has 1 aliphatic rings. The van der Waals surface area contributed by atoms with Crippen LogP contribution in [-0.2, 0) is 14.8 Å². The van der Waals surface area contributed by atoms with Crippen molar-refractivity contribution in [3.63, 3.8) is 0 Å². The number of methoxy groups -OCH3 is 1. The molecule has 0 bridgehead atoms. The molecule has 1 atom stereocenters. The van der Waals surface area contributed by atoms with E-state index in [0.29, 0.717) is 46.1 Å². The van der Waals surface area contributed by atoms with Crippen molar-refractivity contribution in [3.05, 3.63) is 71.8 Å². The number of primary amides is 1. The molecular formula is C26H25ClN6O4S. The van der Waals surface area contributed by atoms with Gasteiger partial charge < -0.3 is 20.7 Å². The Morgan fingerprint density at radius 3 is 2.50 bits per heavy atom. The summed E-state index contributed by atoms with van der Waals surface area (Å²) in [7, 11) is -2.57.